The molecule has 5 nitrogen and oxygen atoms in total. The van der Waals surface area contributed by atoms with Gasteiger partial charge in [-0.05, 0) is 19.4 Å². The standard InChI is InChI=1S/C12H20N4O.2ClH/c1-15(8-10-7-14-16(2)9-10)12(17)6-11-4-3-5-13-11;;/h7,9,11,13H,3-6,8H2,1-2H3;2*1H. The summed E-state index contributed by atoms with van der Waals surface area (Å²) in [6.45, 7) is 1.68. The first-order valence-electron chi connectivity index (χ1n) is 6.10. The second-order valence-electron chi connectivity index (χ2n) is 4.77. The molecule has 1 unspecified atom stereocenters. The van der Waals surface area contributed by atoms with Crippen LogP contribution in [0.2, 0.25) is 0 Å². The largest absolute Gasteiger partial charge is 0.341 e. The average molecular weight is 309 g/mol. The van der Waals surface area contributed by atoms with Crippen LogP contribution in [0, 0.1) is 0 Å². The van der Waals surface area contributed by atoms with E-state index in [-0.39, 0.29) is 30.7 Å². The molecule has 1 N–H and O–H groups in total. The molecule has 1 aromatic rings. The highest BCUT2D eigenvalue weighted by Crippen LogP contribution is 2.11. The highest BCUT2D eigenvalue weighted by Gasteiger charge is 2.19. The van der Waals surface area contributed by atoms with E-state index in [1.165, 1.54) is 6.42 Å². The van der Waals surface area contributed by atoms with Crippen LogP contribution in [0.4, 0.5) is 0 Å². The Morgan fingerprint density at radius 1 is 1.58 bits per heavy atom. The summed E-state index contributed by atoms with van der Waals surface area (Å²) >= 11 is 0. The van der Waals surface area contributed by atoms with Gasteiger partial charge in [0.25, 0.3) is 0 Å². The summed E-state index contributed by atoms with van der Waals surface area (Å²) in [7, 11) is 3.73. The molecule has 0 saturated carbocycles. The lowest BCUT2D eigenvalue weighted by Crippen LogP contribution is -2.33. The molecule has 0 aromatic carbocycles. The van der Waals surface area contributed by atoms with Gasteiger partial charge in [-0.1, -0.05) is 0 Å². The van der Waals surface area contributed by atoms with E-state index < -0.39 is 0 Å². The van der Waals surface area contributed by atoms with Crippen LogP contribution in [-0.2, 0) is 18.4 Å². The zero-order valence-corrected chi connectivity index (χ0v) is 13.0. The zero-order valence-electron chi connectivity index (χ0n) is 11.3. The molecule has 110 valence electrons. The van der Waals surface area contributed by atoms with Crippen LogP contribution in [0.1, 0.15) is 24.8 Å². The van der Waals surface area contributed by atoms with Crippen LogP contribution in [0.15, 0.2) is 12.4 Å². The van der Waals surface area contributed by atoms with Crippen molar-refractivity contribution >= 4 is 30.7 Å². The van der Waals surface area contributed by atoms with E-state index in [1.807, 2.05) is 20.3 Å². The van der Waals surface area contributed by atoms with Crippen LogP contribution in [-0.4, -0.2) is 40.2 Å². The van der Waals surface area contributed by atoms with Gasteiger partial charge in [0.15, 0.2) is 0 Å². The van der Waals surface area contributed by atoms with Crippen LogP contribution < -0.4 is 5.32 Å². The number of hydrogen-bond donors (Lipinski definition) is 1. The van der Waals surface area contributed by atoms with Crippen molar-refractivity contribution in [1.82, 2.24) is 20.0 Å². The Labute approximate surface area is 126 Å². The van der Waals surface area contributed by atoms with Gasteiger partial charge in [0.05, 0.1) is 6.20 Å². The second-order valence-corrected chi connectivity index (χ2v) is 4.77. The van der Waals surface area contributed by atoms with E-state index in [0.717, 1.165) is 18.5 Å². The van der Waals surface area contributed by atoms with E-state index in [9.17, 15) is 4.79 Å². The van der Waals surface area contributed by atoms with Gasteiger partial charge in [0, 0.05) is 44.9 Å². The summed E-state index contributed by atoms with van der Waals surface area (Å²) in [6.07, 6.45) is 6.66. The molecule has 1 fully saturated rings. The molecule has 0 aliphatic carbocycles. The maximum atomic E-state index is 12.0. The van der Waals surface area contributed by atoms with Crippen molar-refractivity contribution < 1.29 is 4.79 Å². The van der Waals surface area contributed by atoms with Crippen molar-refractivity contribution in [3.8, 4) is 0 Å². The quantitative estimate of drug-likeness (QED) is 0.914. The van der Waals surface area contributed by atoms with Crippen molar-refractivity contribution in [2.45, 2.75) is 31.8 Å². The molecule has 1 amide bonds. The number of amides is 1. The molecular weight excluding hydrogens is 287 g/mol. The Morgan fingerprint density at radius 2 is 2.32 bits per heavy atom. The maximum Gasteiger partial charge on any atom is 0.224 e. The molecule has 2 heterocycles. The van der Waals surface area contributed by atoms with E-state index in [2.05, 4.69) is 10.4 Å². The predicted octanol–water partition coefficient (Wildman–Crippen LogP) is 1.36. The van der Waals surface area contributed by atoms with E-state index in [4.69, 9.17) is 0 Å². The van der Waals surface area contributed by atoms with Gasteiger partial charge in [0.2, 0.25) is 5.91 Å². The third kappa shape index (κ3) is 5.38. The average Bonchev–Trinajstić information content (AvgIpc) is 2.90. The lowest BCUT2D eigenvalue weighted by molar-refractivity contribution is -0.130. The second kappa shape index (κ2) is 8.40. The number of aromatic nitrogens is 2. The molecule has 0 spiro atoms. The Morgan fingerprint density at radius 3 is 2.84 bits per heavy atom. The number of aryl methyl sites for hydroxylation is 1. The summed E-state index contributed by atoms with van der Waals surface area (Å²) in [5.74, 6) is 0.202. The molecule has 1 aromatic heterocycles. The minimum atomic E-state index is 0. The SMILES string of the molecule is CN(Cc1cnn(C)c1)C(=O)CC1CCCN1.Cl.Cl. The highest BCUT2D eigenvalue weighted by molar-refractivity contribution is 5.85. The third-order valence-electron chi connectivity index (χ3n) is 3.19. The molecule has 1 saturated heterocycles. The van der Waals surface area contributed by atoms with Crippen molar-refractivity contribution in [2.24, 2.45) is 7.05 Å². The number of nitrogens with one attached hydrogen (secondary N) is 1. The number of nitrogens with zero attached hydrogens (tertiary/aromatic N) is 3. The minimum absolute atomic E-state index is 0. The molecule has 2 rings (SSSR count). The van der Waals surface area contributed by atoms with Gasteiger partial charge in [-0.25, -0.2) is 0 Å². The molecule has 0 radical (unpaired) electrons. The lowest BCUT2D eigenvalue weighted by Gasteiger charge is -2.18. The molecular formula is C12H22Cl2N4O. The van der Waals surface area contributed by atoms with E-state index in [1.54, 1.807) is 15.8 Å². The summed E-state index contributed by atoms with van der Waals surface area (Å²) in [6, 6.07) is 0.374. The monoisotopic (exact) mass is 308 g/mol. The summed E-state index contributed by atoms with van der Waals surface area (Å²) in [5.41, 5.74) is 1.07. The Bertz CT molecular complexity index is 391. The fourth-order valence-electron chi connectivity index (χ4n) is 2.21. The smallest absolute Gasteiger partial charge is 0.224 e. The van der Waals surface area contributed by atoms with Crippen molar-refractivity contribution in [2.75, 3.05) is 13.6 Å². The van der Waals surface area contributed by atoms with Crippen LogP contribution in [0.3, 0.4) is 0 Å². The summed E-state index contributed by atoms with van der Waals surface area (Å²) < 4.78 is 1.76. The van der Waals surface area contributed by atoms with Crippen LogP contribution in [0.25, 0.3) is 0 Å². The first-order chi connectivity index (χ1) is 8.15. The van der Waals surface area contributed by atoms with Gasteiger partial charge in [0.1, 0.15) is 0 Å². The molecule has 19 heavy (non-hydrogen) atoms. The fourth-order valence-corrected chi connectivity index (χ4v) is 2.21. The number of hydrogen-bond acceptors (Lipinski definition) is 3. The van der Waals surface area contributed by atoms with E-state index >= 15 is 0 Å². The van der Waals surface area contributed by atoms with Crippen LogP contribution in [0.5, 0.6) is 0 Å². The Balaban J connectivity index is 0.00000162. The van der Waals surface area contributed by atoms with Crippen molar-refractivity contribution in [1.29, 1.82) is 0 Å². The minimum Gasteiger partial charge on any atom is -0.341 e. The third-order valence-corrected chi connectivity index (χ3v) is 3.19. The van der Waals surface area contributed by atoms with Gasteiger partial charge < -0.3 is 10.2 Å². The number of carbonyl (C=O) groups is 1. The van der Waals surface area contributed by atoms with Gasteiger partial charge in [-0.3, -0.25) is 9.48 Å². The zero-order chi connectivity index (χ0) is 12.3. The normalized spacial score (nSPS) is 17.5. The number of halogens is 2. The number of carbonyl (C=O) groups excluding carboxylic acids is 1. The van der Waals surface area contributed by atoms with Crippen molar-refractivity contribution in [3.63, 3.8) is 0 Å². The number of rotatable bonds is 4. The van der Waals surface area contributed by atoms with Crippen molar-refractivity contribution in [3.05, 3.63) is 18.0 Å². The van der Waals surface area contributed by atoms with Gasteiger partial charge in [-0.15, -0.1) is 24.8 Å². The van der Waals surface area contributed by atoms with Gasteiger partial charge in [-0.2, -0.15) is 5.10 Å². The summed E-state index contributed by atoms with van der Waals surface area (Å²) in [5, 5.41) is 7.45. The molecule has 0 bridgehead atoms. The molecule has 1 aliphatic heterocycles. The molecule has 1 atom stereocenters. The lowest BCUT2D eigenvalue weighted by atomic mass is 10.1. The van der Waals surface area contributed by atoms with Crippen LogP contribution >= 0.6 is 24.8 Å². The Kier molecular flexibility index (Phi) is 8.06. The molecule has 7 heteroatoms. The predicted molar refractivity (Wildman–Crippen MR) is 79.8 cm³/mol. The topological polar surface area (TPSA) is 50.2 Å². The summed E-state index contributed by atoms with van der Waals surface area (Å²) in [4.78, 5) is 13.7. The maximum absolute atomic E-state index is 12.0. The first-order valence-corrected chi connectivity index (χ1v) is 6.10. The Hall–Kier alpha value is -0.780. The highest BCUT2D eigenvalue weighted by atomic mass is 35.5. The molecule has 1 aliphatic rings. The fraction of sp³-hybridized carbons (Fsp3) is 0.667. The van der Waals surface area contributed by atoms with Gasteiger partial charge >= 0.3 is 0 Å². The van der Waals surface area contributed by atoms with E-state index in [0.29, 0.717) is 19.0 Å². The first kappa shape index (κ1) is 18.2.